The van der Waals surface area contributed by atoms with Crippen LogP contribution in [0.1, 0.15) is 20.8 Å². The summed E-state index contributed by atoms with van der Waals surface area (Å²) < 4.78 is 7.54. The zero-order chi connectivity index (χ0) is 14.8. The zero-order valence-electron chi connectivity index (χ0n) is 11.5. The molecule has 2 aromatic heterocycles. The van der Waals surface area contributed by atoms with Gasteiger partial charge in [0.15, 0.2) is 0 Å². The molecule has 0 aromatic carbocycles. The summed E-state index contributed by atoms with van der Waals surface area (Å²) in [6.07, 6.45) is 5.06. The van der Waals surface area contributed by atoms with Gasteiger partial charge in [0, 0.05) is 22.4 Å². The summed E-state index contributed by atoms with van der Waals surface area (Å²) in [6.45, 7) is 5.51. The predicted molar refractivity (Wildman–Crippen MR) is 76.8 cm³/mol. The van der Waals surface area contributed by atoms with Crippen LogP contribution in [0.4, 0.5) is 0 Å². The third-order valence-corrected chi connectivity index (χ3v) is 2.68. The molecule has 0 spiro atoms. The molecule has 0 saturated carbocycles. The maximum absolute atomic E-state index is 11.7. The van der Waals surface area contributed by atoms with Crippen molar-refractivity contribution in [3.8, 4) is 11.3 Å². The number of halogens is 1. The summed E-state index contributed by atoms with van der Waals surface area (Å²) in [6, 6.07) is 1.88. The molecule has 0 amide bonds. The average molecular weight is 339 g/mol. The predicted octanol–water partition coefficient (Wildman–Crippen LogP) is 2.44. The van der Waals surface area contributed by atoms with E-state index in [0.717, 1.165) is 10.0 Å². The lowest BCUT2D eigenvalue weighted by molar-refractivity contribution is -0.155. The fourth-order valence-corrected chi connectivity index (χ4v) is 1.93. The Morgan fingerprint density at radius 1 is 1.40 bits per heavy atom. The highest BCUT2D eigenvalue weighted by molar-refractivity contribution is 9.10. The van der Waals surface area contributed by atoms with Crippen LogP contribution in [0.25, 0.3) is 11.3 Å². The molecule has 0 aliphatic rings. The Morgan fingerprint density at radius 3 is 2.80 bits per heavy atom. The number of rotatable bonds is 3. The van der Waals surface area contributed by atoms with E-state index in [-0.39, 0.29) is 12.5 Å². The largest absolute Gasteiger partial charge is 0.459 e. The van der Waals surface area contributed by atoms with Crippen LogP contribution in [-0.4, -0.2) is 31.5 Å². The second-order valence-corrected chi connectivity index (χ2v) is 6.20. The van der Waals surface area contributed by atoms with E-state index >= 15 is 0 Å². The summed E-state index contributed by atoms with van der Waals surface area (Å²) in [4.78, 5) is 15.8. The van der Waals surface area contributed by atoms with Gasteiger partial charge in [-0.25, -0.2) is 4.68 Å². The van der Waals surface area contributed by atoms with Gasteiger partial charge in [-0.1, -0.05) is 5.21 Å². The average Bonchev–Trinajstić information content (AvgIpc) is 2.74. The van der Waals surface area contributed by atoms with Crippen LogP contribution in [0.3, 0.4) is 0 Å². The van der Waals surface area contributed by atoms with Gasteiger partial charge in [-0.3, -0.25) is 9.78 Å². The molecule has 0 unspecified atom stereocenters. The first-order valence-corrected chi connectivity index (χ1v) is 6.86. The molecule has 0 aliphatic heterocycles. The van der Waals surface area contributed by atoms with Crippen LogP contribution in [0.5, 0.6) is 0 Å². The molecule has 0 radical (unpaired) electrons. The standard InChI is InChI=1S/C13H15BrN4O2/c1-13(2,3)20-12(19)8-18-7-11(16-17-18)9-4-10(14)6-15-5-9/h4-7H,8H2,1-3H3. The van der Waals surface area contributed by atoms with Gasteiger partial charge in [0.05, 0.1) is 6.20 Å². The molecule has 7 heteroatoms. The number of hydrogen-bond acceptors (Lipinski definition) is 5. The fourth-order valence-electron chi connectivity index (χ4n) is 1.57. The molecule has 0 N–H and O–H groups in total. The number of carbonyl (C=O) groups excluding carboxylic acids is 1. The van der Waals surface area contributed by atoms with Gasteiger partial charge in [0.25, 0.3) is 0 Å². The van der Waals surface area contributed by atoms with Crippen LogP contribution in [0.15, 0.2) is 29.1 Å². The van der Waals surface area contributed by atoms with Crippen LogP contribution in [0, 0.1) is 0 Å². The Morgan fingerprint density at radius 2 is 2.15 bits per heavy atom. The lowest BCUT2D eigenvalue weighted by Crippen LogP contribution is -2.26. The van der Waals surface area contributed by atoms with E-state index in [9.17, 15) is 4.79 Å². The highest BCUT2D eigenvalue weighted by Crippen LogP contribution is 2.19. The lowest BCUT2D eigenvalue weighted by atomic mass is 10.2. The summed E-state index contributed by atoms with van der Waals surface area (Å²) >= 11 is 3.35. The van der Waals surface area contributed by atoms with Crippen molar-refractivity contribution in [2.75, 3.05) is 0 Å². The van der Waals surface area contributed by atoms with Gasteiger partial charge < -0.3 is 4.74 Å². The Kier molecular flexibility index (Phi) is 4.17. The molecule has 0 atom stereocenters. The van der Waals surface area contributed by atoms with Gasteiger partial charge >= 0.3 is 5.97 Å². The highest BCUT2D eigenvalue weighted by Gasteiger charge is 2.17. The minimum atomic E-state index is -0.505. The van der Waals surface area contributed by atoms with Crippen molar-refractivity contribution in [1.82, 2.24) is 20.0 Å². The number of esters is 1. The van der Waals surface area contributed by atoms with Crippen LogP contribution < -0.4 is 0 Å². The minimum Gasteiger partial charge on any atom is -0.459 e. The second kappa shape index (κ2) is 5.70. The van der Waals surface area contributed by atoms with Crippen LogP contribution in [-0.2, 0) is 16.1 Å². The molecule has 106 valence electrons. The van der Waals surface area contributed by atoms with E-state index in [0.29, 0.717) is 5.69 Å². The fraction of sp³-hybridized carbons (Fsp3) is 0.385. The first-order valence-electron chi connectivity index (χ1n) is 6.06. The molecule has 2 rings (SSSR count). The number of nitrogens with zero attached hydrogens (tertiary/aromatic N) is 4. The Balaban J connectivity index is 2.08. The van der Waals surface area contributed by atoms with Crippen molar-refractivity contribution in [2.24, 2.45) is 0 Å². The van der Waals surface area contributed by atoms with Crippen molar-refractivity contribution in [3.63, 3.8) is 0 Å². The maximum atomic E-state index is 11.7. The molecule has 20 heavy (non-hydrogen) atoms. The first kappa shape index (κ1) is 14.6. The van der Waals surface area contributed by atoms with Crippen LogP contribution >= 0.6 is 15.9 Å². The first-order chi connectivity index (χ1) is 9.33. The number of ether oxygens (including phenoxy) is 1. The van der Waals surface area contributed by atoms with Gasteiger partial charge in [-0.2, -0.15) is 0 Å². The molecule has 0 aliphatic carbocycles. The molecular weight excluding hydrogens is 324 g/mol. The zero-order valence-corrected chi connectivity index (χ0v) is 13.1. The molecule has 0 fully saturated rings. The number of pyridine rings is 1. The minimum absolute atomic E-state index is 0.0334. The van der Waals surface area contributed by atoms with E-state index in [1.54, 1.807) is 18.6 Å². The maximum Gasteiger partial charge on any atom is 0.328 e. The summed E-state index contributed by atoms with van der Waals surface area (Å²) in [5.74, 6) is -0.346. The van der Waals surface area contributed by atoms with E-state index < -0.39 is 5.60 Å². The number of aromatic nitrogens is 4. The third kappa shape index (κ3) is 4.12. The highest BCUT2D eigenvalue weighted by atomic mass is 79.9. The lowest BCUT2D eigenvalue weighted by Gasteiger charge is -2.19. The van der Waals surface area contributed by atoms with Crippen molar-refractivity contribution in [3.05, 3.63) is 29.1 Å². The van der Waals surface area contributed by atoms with E-state index in [2.05, 4.69) is 31.2 Å². The smallest absolute Gasteiger partial charge is 0.328 e. The molecule has 2 aromatic rings. The van der Waals surface area contributed by atoms with Crippen LogP contribution in [0.2, 0.25) is 0 Å². The molecular formula is C13H15BrN4O2. The number of carbonyl (C=O) groups is 1. The van der Waals surface area contributed by atoms with Gasteiger partial charge in [-0.15, -0.1) is 5.10 Å². The topological polar surface area (TPSA) is 69.9 Å². The van der Waals surface area contributed by atoms with Crippen molar-refractivity contribution < 1.29 is 9.53 Å². The SMILES string of the molecule is CC(C)(C)OC(=O)Cn1cc(-c2cncc(Br)c2)nn1. The summed E-state index contributed by atoms with van der Waals surface area (Å²) in [7, 11) is 0. The molecule has 2 heterocycles. The molecule has 0 saturated heterocycles. The Hall–Kier alpha value is -1.76. The quantitative estimate of drug-likeness (QED) is 0.804. The molecule has 6 nitrogen and oxygen atoms in total. The summed E-state index contributed by atoms with van der Waals surface area (Å²) in [5, 5.41) is 7.94. The second-order valence-electron chi connectivity index (χ2n) is 5.28. The van der Waals surface area contributed by atoms with Gasteiger partial charge in [-0.05, 0) is 42.8 Å². The van der Waals surface area contributed by atoms with Crippen molar-refractivity contribution >= 4 is 21.9 Å². The van der Waals surface area contributed by atoms with Crippen molar-refractivity contribution in [2.45, 2.75) is 32.9 Å². The van der Waals surface area contributed by atoms with E-state index in [1.807, 2.05) is 26.8 Å². The Labute approximate surface area is 125 Å². The normalized spacial score (nSPS) is 11.4. The van der Waals surface area contributed by atoms with E-state index in [4.69, 9.17) is 4.74 Å². The van der Waals surface area contributed by atoms with E-state index in [1.165, 1.54) is 4.68 Å². The number of hydrogen-bond donors (Lipinski definition) is 0. The van der Waals surface area contributed by atoms with Gasteiger partial charge in [0.1, 0.15) is 17.8 Å². The summed E-state index contributed by atoms with van der Waals surface area (Å²) in [5.41, 5.74) is 0.978. The third-order valence-electron chi connectivity index (χ3n) is 2.25. The monoisotopic (exact) mass is 338 g/mol. The van der Waals surface area contributed by atoms with Crippen molar-refractivity contribution in [1.29, 1.82) is 0 Å². The molecule has 0 bridgehead atoms. The van der Waals surface area contributed by atoms with Gasteiger partial charge in [0.2, 0.25) is 0 Å². The Bertz CT molecular complexity index is 619.